The summed E-state index contributed by atoms with van der Waals surface area (Å²) in [4.78, 5) is 20.4. The van der Waals surface area contributed by atoms with Crippen molar-refractivity contribution in [3.05, 3.63) is 0 Å². The number of halogens is 1. The number of likely N-dealkylation sites (N-methyl/N-ethyl adjacent to an activating group) is 1. The number of amides is 1. The summed E-state index contributed by atoms with van der Waals surface area (Å²) in [6.45, 7) is 9.17. The molecule has 0 aromatic rings. The summed E-state index contributed by atoms with van der Waals surface area (Å²) in [6.07, 6.45) is 3.10. The molecule has 1 amide bonds. The molecule has 1 heterocycles. The third-order valence-electron chi connectivity index (χ3n) is 3.72. The SMILES string of the molecule is CN=C(NCCCN1CCCC1C(=O)N(C)C)NC(C)(C)C.I. The van der Waals surface area contributed by atoms with Gasteiger partial charge in [0.05, 0.1) is 6.04 Å². The fourth-order valence-electron chi connectivity index (χ4n) is 2.69. The van der Waals surface area contributed by atoms with Crippen LogP contribution in [-0.4, -0.2) is 74.0 Å². The van der Waals surface area contributed by atoms with Crippen molar-refractivity contribution in [3.8, 4) is 0 Å². The quantitative estimate of drug-likeness (QED) is 0.295. The molecular formula is C16H34IN5O. The molecule has 1 saturated heterocycles. The van der Waals surface area contributed by atoms with Gasteiger partial charge in [-0.3, -0.25) is 14.7 Å². The number of carbonyl (C=O) groups is 1. The lowest BCUT2D eigenvalue weighted by molar-refractivity contribution is -0.133. The smallest absolute Gasteiger partial charge is 0.239 e. The van der Waals surface area contributed by atoms with Crippen LogP contribution in [0, 0.1) is 0 Å². The maximum Gasteiger partial charge on any atom is 0.239 e. The predicted molar refractivity (Wildman–Crippen MR) is 108 cm³/mol. The molecule has 1 aliphatic heterocycles. The van der Waals surface area contributed by atoms with Crippen LogP contribution in [0.25, 0.3) is 0 Å². The Morgan fingerprint density at radius 2 is 2.00 bits per heavy atom. The van der Waals surface area contributed by atoms with Crippen LogP contribution in [0.5, 0.6) is 0 Å². The summed E-state index contributed by atoms with van der Waals surface area (Å²) >= 11 is 0. The standard InChI is InChI=1S/C16H33N5O.HI/c1-16(2,3)19-15(17-4)18-10-8-12-21-11-7-9-13(21)14(22)20(5)6;/h13H,7-12H2,1-6H3,(H2,17,18,19);1H. The first-order valence-corrected chi connectivity index (χ1v) is 8.18. The van der Waals surface area contributed by atoms with Crippen molar-refractivity contribution in [1.29, 1.82) is 0 Å². The topological polar surface area (TPSA) is 60.0 Å². The highest BCUT2D eigenvalue weighted by atomic mass is 127. The minimum absolute atomic E-state index is 0. The van der Waals surface area contributed by atoms with Crippen molar-refractivity contribution in [1.82, 2.24) is 20.4 Å². The van der Waals surface area contributed by atoms with Crippen LogP contribution in [0.2, 0.25) is 0 Å². The maximum absolute atomic E-state index is 12.1. The molecular weight excluding hydrogens is 405 g/mol. The lowest BCUT2D eigenvalue weighted by atomic mass is 10.1. The van der Waals surface area contributed by atoms with Gasteiger partial charge in [-0.25, -0.2) is 0 Å². The third kappa shape index (κ3) is 8.19. The molecule has 0 saturated carbocycles. The molecule has 6 nitrogen and oxygen atoms in total. The molecule has 0 bridgehead atoms. The molecule has 136 valence electrons. The summed E-state index contributed by atoms with van der Waals surface area (Å²) in [6, 6.07) is 0.0713. The van der Waals surface area contributed by atoms with Crippen molar-refractivity contribution in [2.24, 2.45) is 4.99 Å². The third-order valence-corrected chi connectivity index (χ3v) is 3.72. The van der Waals surface area contributed by atoms with Crippen molar-refractivity contribution >= 4 is 35.8 Å². The van der Waals surface area contributed by atoms with E-state index in [4.69, 9.17) is 0 Å². The van der Waals surface area contributed by atoms with E-state index < -0.39 is 0 Å². The van der Waals surface area contributed by atoms with E-state index in [1.165, 1.54) is 0 Å². The van der Waals surface area contributed by atoms with Gasteiger partial charge >= 0.3 is 0 Å². The first-order chi connectivity index (χ1) is 10.2. The van der Waals surface area contributed by atoms with Crippen molar-refractivity contribution in [2.75, 3.05) is 40.8 Å². The Balaban J connectivity index is 0.00000484. The molecule has 1 rings (SSSR count). The van der Waals surface area contributed by atoms with E-state index in [1.807, 2.05) is 14.1 Å². The number of carbonyl (C=O) groups excluding carboxylic acids is 1. The molecule has 1 aliphatic rings. The Bertz CT molecular complexity index is 392. The molecule has 0 aliphatic carbocycles. The second kappa shape index (κ2) is 10.3. The van der Waals surface area contributed by atoms with Crippen molar-refractivity contribution in [3.63, 3.8) is 0 Å². The van der Waals surface area contributed by atoms with Gasteiger partial charge in [0, 0.05) is 39.8 Å². The van der Waals surface area contributed by atoms with Gasteiger partial charge in [0.1, 0.15) is 0 Å². The zero-order valence-electron chi connectivity index (χ0n) is 15.5. The zero-order chi connectivity index (χ0) is 16.8. The largest absolute Gasteiger partial charge is 0.356 e. The minimum atomic E-state index is 0. The molecule has 7 heteroatoms. The van der Waals surface area contributed by atoms with Crippen LogP contribution >= 0.6 is 24.0 Å². The average Bonchev–Trinajstić information content (AvgIpc) is 2.88. The van der Waals surface area contributed by atoms with Crippen molar-refractivity contribution < 1.29 is 4.79 Å². The number of nitrogens with one attached hydrogen (secondary N) is 2. The van der Waals surface area contributed by atoms with Crippen LogP contribution in [-0.2, 0) is 4.79 Å². The second-order valence-corrected chi connectivity index (χ2v) is 7.15. The van der Waals surface area contributed by atoms with Crippen LogP contribution in [0.4, 0.5) is 0 Å². The van der Waals surface area contributed by atoms with Crippen LogP contribution in [0.1, 0.15) is 40.0 Å². The lowest BCUT2D eigenvalue weighted by Gasteiger charge is -2.26. The zero-order valence-corrected chi connectivity index (χ0v) is 17.8. The lowest BCUT2D eigenvalue weighted by Crippen LogP contribution is -2.48. The summed E-state index contributed by atoms with van der Waals surface area (Å²) in [7, 11) is 5.46. The molecule has 1 unspecified atom stereocenters. The second-order valence-electron chi connectivity index (χ2n) is 7.15. The number of hydrogen-bond acceptors (Lipinski definition) is 3. The van der Waals surface area contributed by atoms with Gasteiger partial charge in [-0.15, -0.1) is 24.0 Å². The van der Waals surface area contributed by atoms with E-state index >= 15 is 0 Å². The van der Waals surface area contributed by atoms with Gasteiger partial charge in [-0.05, 0) is 46.6 Å². The van der Waals surface area contributed by atoms with E-state index in [2.05, 4.69) is 41.3 Å². The Labute approximate surface area is 158 Å². The fraction of sp³-hybridized carbons (Fsp3) is 0.875. The van der Waals surface area contributed by atoms with Gasteiger partial charge < -0.3 is 15.5 Å². The van der Waals surface area contributed by atoms with Crippen molar-refractivity contribution in [2.45, 2.75) is 51.6 Å². The highest BCUT2D eigenvalue weighted by molar-refractivity contribution is 14.0. The molecule has 0 spiro atoms. The van der Waals surface area contributed by atoms with Gasteiger partial charge in [0.15, 0.2) is 5.96 Å². The number of nitrogens with zero attached hydrogens (tertiary/aromatic N) is 3. The van der Waals surface area contributed by atoms with Crippen LogP contribution < -0.4 is 10.6 Å². The Morgan fingerprint density at radius 3 is 2.52 bits per heavy atom. The maximum atomic E-state index is 12.1. The molecule has 0 aromatic carbocycles. The average molecular weight is 439 g/mol. The molecule has 23 heavy (non-hydrogen) atoms. The summed E-state index contributed by atoms with van der Waals surface area (Å²) < 4.78 is 0. The molecule has 2 N–H and O–H groups in total. The Morgan fingerprint density at radius 1 is 1.35 bits per heavy atom. The number of hydrogen-bond donors (Lipinski definition) is 2. The van der Waals surface area contributed by atoms with Gasteiger partial charge in [0.2, 0.25) is 5.91 Å². The van der Waals surface area contributed by atoms with E-state index in [-0.39, 0.29) is 41.5 Å². The first kappa shape index (κ1) is 22.4. The molecule has 0 aromatic heterocycles. The molecule has 0 radical (unpaired) electrons. The van der Waals surface area contributed by atoms with Gasteiger partial charge in [-0.1, -0.05) is 0 Å². The Hall–Kier alpha value is -0.570. The summed E-state index contributed by atoms with van der Waals surface area (Å²) in [5, 5.41) is 6.67. The van der Waals surface area contributed by atoms with E-state index in [0.29, 0.717) is 0 Å². The number of rotatable bonds is 5. The van der Waals surface area contributed by atoms with Gasteiger partial charge in [-0.2, -0.15) is 0 Å². The first-order valence-electron chi connectivity index (χ1n) is 8.18. The number of likely N-dealkylation sites (tertiary alicyclic amines) is 1. The van der Waals surface area contributed by atoms with E-state index in [1.54, 1.807) is 11.9 Å². The van der Waals surface area contributed by atoms with Gasteiger partial charge in [0.25, 0.3) is 0 Å². The Kier molecular flexibility index (Phi) is 10.1. The predicted octanol–water partition coefficient (Wildman–Crippen LogP) is 1.51. The minimum Gasteiger partial charge on any atom is -0.356 e. The molecule has 1 fully saturated rings. The highest BCUT2D eigenvalue weighted by Crippen LogP contribution is 2.18. The van der Waals surface area contributed by atoms with Crippen LogP contribution in [0.15, 0.2) is 4.99 Å². The highest BCUT2D eigenvalue weighted by Gasteiger charge is 2.30. The van der Waals surface area contributed by atoms with E-state index in [0.717, 1.165) is 44.9 Å². The normalized spacial score (nSPS) is 19.2. The van der Waals surface area contributed by atoms with E-state index in [9.17, 15) is 4.79 Å². The number of aliphatic imine (C=N–C) groups is 1. The summed E-state index contributed by atoms with van der Waals surface area (Å²) in [5.74, 6) is 1.06. The summed E-state index contributed by atoms with van der Waals surface area (Å²) in [5.41, 5.74) is 0.0000209. The van der Waals surface area contributed by atoms with Crippen LogP contribution in [0.3, 0.4) is 0 Å². The monoisotopic (exact) mass is 439 g/mol. The fourth-order valence-corrected chi connectivity index (χ4v) is 2.69. The number of guanidine groups is 1. The molecule has 1 atom stereocenters.